The minimum Gasteiger partial charge on any atom is -0.459 e. The fourth-order valence-corrected chi connectivity index (χ4v) is 4.05. The minimum atomic E-state index is -0.493. The fraction of sp³-hybridized carbons (Fsp3) is 0.143. The Bertz CT molecular complexity index is 1020. The molecule has 0 atom stereocenters. The fourth-order valence-electron chi connectivity index (χ4n) is 2.60. The lowest BCUT2D eigenvalue weighted by atomic mass is 10.0. The van der Waals surface area contributed by atoms with Crippen molar-refractivity contribution in [2.45, 2.75) is 20.0 Å². The van der Waals surface area contributed by atoms with Crippen LogP contribution in [0, 0.1) is 0 Å². The lowest BCUT2D eigenvalue weighted by molar-refractivity contribution is 0.0380. The van der Waals surface area contributed by atoms with Crippen molar-refractivity contribution in [3.05, 3.63) is 75.1 Å². The summed E-state index contributed by atoms with van der Waals surface area (Å²) in [6.45, 7) is 3.55. The lowest BCUT2D eigenvalue weighted by Crippen LogP contribution is -2.17. The molecule has 28 heavy (non-hydrogen) atoms. The molecule has 0 aliphatic carbocycles. The van der Waals surface area contributed by atoms with Crippen LogP contribution in [-0.4, -0.2) is 18.0 Å². The van der Waals surface area contributed by atoms with Gasteiger partial charge >= 0.3 is 5.97 Å². The second-order valence-corrected chi connectivity index (χ2v) is 7.98. The molecule has 0 unspecified atom stereocenters. The standard InChI is InChI=1S/C21H17Cl2NO3S/c1-12(2)27-21(26)18-16(13-6-4-3-5-7-13)11-28-20(18)24-19(25)15-9-8-14(22)10-17(15)23/h3-12H,1-2H3,(H,24,25). The third-order valence-electron chi connectivity index (χ3n) is 3.83. The summed E-state index contributed by atoms with van der Waals surface area (Å²) in [5, 5.41) is 5.68. The Labute approximate surface area is 177 Å². The number of hydrogen-bond donors (Lipinski definition) is 1. The molecule has 4 nitrogen and oxygen atoms in total. The Kier molecular flexibility index (Phi) is 6.39. The summed E-state index contributed by atoms with van der Waals surface area (Å²) in [6, 6.07) is 14.1. The molecular weight excluding hydrogens is 417 g/mol. The topological polar surface area (TPSA) is 55.4 Å². The van der Waals surface area contributed by atoms with Gasteiger partial charge in [-0.1, -0.05) is 53.5 Å². The highest BCUT2D eigenvalue weighted by atomic mass is 35.5. The molecule has 0 saturated carbocycles. The van der Waals surface area contributed by atoms with Crippen LogP contribution in [0.2, 0.25) is 10.0 Å². The van der Waals surface area contributed by atoms with Crippen molar-refractivity contribution >= 4 is 51.4 Å². The molecule has 0 aliphatic rings. The second kappa shape index (κ2) is 8.78. The van der Waals surface area contributed by atoms with Gasteiger partial charge in [0.25, 0.3) is 5.91 Å². The highest BCUT2D eigenvalue weighted by Gasteiger charge is 2.24. The van der Waals surface area contributed by atoms with Crippen LogP contribution < -0.4 is 5.32 Å². The Morgan fingerprint density at radius 2 is 1.79 bits per heavy atom. The van der Waals surface area contributed by atoms with Gasteiger partial charge in [-0.15, -0.1) is 11.3 Å². The molecule has 3 rings (SSSR count). The summed E-state index contributed by atoms with van der Waals surface area (Å²) < 4.78 is 5.40. The lowest BCUT2D eigenvalue weighted by Gasteiger charge is -2.12. The number of benzene rings is 2. The number of esters is 1. The van der Waals surface area contributed by atoms with E-state index >= 15 is 0 Å². The van der Waals surface area contributed by atoms with Gasteiger partial charge in [-0.25, -0.2) is 4.79 Å². The molecule has 1 amide bonds. The van der Waals surface area contributed by atoms with Crippen LogP contribution in [0.4, 0.5) is 5.00 Å². The van der Waals surface area contributed by atoms with E-state index in [1.807, 2.05) is 35.7 Å². The number of thiophene rings is 1. The van der Waals surface area contributed by atoms with Crippen LogP contribution >= 0.6 is 34.5 Å². The van der Waals surface area contributed by atoms with Crippen molar-refractivity contribution < 1.29 is 14.3 Å². The summed E-state index contributed by atoms with van der Waals surface area (Å²) in [6.07, 6.45) is -0.287. The molecule has 1 heterocycles. The van der Waals surface area contributed by atoms with Gasteiger partial charge in [0.15, 0.2) is 0 Å². The molecule has 0 bridgehead atoms. The van der Waals surface area contributed by atoms with Crippen molar-refractivity contribution in [1.82, 2.24) is 0 Å². The minimum absolute atomic E-state index is 0.233. The first-order valence-electron chi connectivity index (χ1n) is 8.51. The summed E-state index contributed by atoms with van der Waals surface area (Å²) in [4.78, 5) is 25.5. The number of carbonyl (C=O) groups is 2. The molecular formula is C21H17Cl2NO3S. The molecule has 0 saturated heterocycles. The Balaban J connectivity index is 1.99. The Morgan fingerprint density at radius 1 is 1.07 bits per heavy atom. The van der Waals surface area contributed by atoms with Gasteiger partial charge in [0, 0.05) is 16.0 Å². The van der Waals surface area contributed by atoms with E-state index in [-0.39, 0.29) is 16.7 Å². The van der Waals surface area contributed by atoms with E-state index in [1.54, 1.807) is 19.9 Å². The number of rotatable bonds is 5. The molecule has 0 fully saturated rings. The SMILES string of the molecule is CC(C)OC(=O)c1c(-c2ccccc2)csc1NC(=O)c1ccc(Cl)cc1Cl. The maximum absolute atomic E-state index is 12.8. The quantitative estimate of drug-likeness (QED) is 0.464. The highest BCUT2D eigenvalue weighted by Crippen LogP contribution is 2.37. The monoisotopic (exact) mass is 433 g/mol. The van der Waals surface area contributed by atoms with Gasteiger partial charge in [0.2, 0.25) is 0 Å². The molecule has 0 aliphatic heterocycles. The highest BCUT2D eigenvalue weighted by molar-refractivity contribution is 7.15. The zero-order valence-electron chi connectivity index (χ0n) is 15.2. The van der Waals surface area contributed by atoms with Gasteiger partial charge < -0.3 is 10.1 Å². The van der Waals surface area contributed by atoms with Crippen molar-refractivity contribution in [2.24, 2.45) is 0 Å². The number of ether oxygens (including phenoxy) is 1. The third-order valence-corrected chi connectivity index (χ3v) is 5.27. The average Bonchev–Trinajstić information content (AvgIpc) is 3.05. The van der Waals surface area contributed by atoms with E-state index in [1.165, 1.54) is 23.5 Å². The van der Waals surface area contributed by atoms with E-state index in [0.717, 1.165) is 5.56 Å². The average molecular weight is 434 g/mol. The number of halogens is 2. The van der Waals surface area contributed by atoms with Crippen molar-refractivity contribution in [1.29, 1.82) is 0 Å². The second-order valence-electron chi connectivity index (χ2n) is 6.25. The first-order chi connectivity index (χ1) is 13.4. The predicted molar refractivity (Wildman–Crippen MR) is 115 cm³/mol. The number of amides is 1. The first-order valence-corrected chi connectivity index (χ1v) is 10.1. The summed E-state index contributed by atoms with van der Waals surface area (Å²) in [5.74, 6) is -0.922. The van der Waals surface area contributed by atoms with E-state index in [0.29, 0.717) is 21.2 Å². The summed E-state index contributed by atoms with van der Waals surface area (Å²) >= 11 is 13.3. The van der Waals surface area contributed by atoms with E-state index in [9.17, 15) is 9.59 Å². The summed E-state index contributed by atoms with van der Waals surface area (Å²) in [7, 11) is 0. The van der Waals surface area contributed by atoms with Crippen LogP contribution in [0.1, 0.15) is 34.6 Å². The maximum Gasteiger partial charge on any atom is 0.342 e. The summed E-state index contributed by atoms with van der Waals surface area (Å²) in [5.41, 5.74) is 2.15. The van der Waals surface area contributed by atoms with Crippen LogP contribution in [0.3, 0.4) is 0 Å². The molecule has 3 aromatic rings. The van der Waals surface area contributed by atoms with Gasteiger partial charge in [0.05, 0.1) is 16.7 Å². The van der Waals surface area contributed by atoms with E-state index < -0.39 is 11.9 Å². The van der Waals surface area contributed by atoms with Crippen LogP contribution in [0.15, 0.2) is 53.9 Å². The number of hydrogen-bond acceptors (Lipinski definition) is 4. The zero-order valence-corrected chi connectivity index (χ0v) is 17.5. The molecule has 1 aromatic heterocycles. The zero-order chi connectivity index (χ0) is 20.3. The smallest absolute Gasteiger partial charge is 0.342 e. The number of nitrogens with one attached hydrogen (secondary N) is 1. The van der Waals surface area contributed by atoms with Crippen molar-refractivity contribution in [3.8, 4) is 11.1 Å². The van der Waals surface area contributed by atoms with E-state index in [4.69, 9.17) is 27.9 Å². The Morgan fingerprint density at radius 3 is 2.43 bits per heavy atom. The maximum atomic E-state index is 12.8. The van der Waals surface area contributed by atoms with Crippen LogP contribution in [0.5, 0.6) is 0 Å². The van der Waals surface area contributed by atoms with Gasteiger partial charge in [-0.2, -0.15) is 0 Å². The molecule has 1 N–H and O–H groups in total. The van der Waals surface area contributed by atoms with Gasteiger partial charge in [-0.3, -0.25) is 4.79 Å². The van der Waals surface area contributed by atoms with Crippen molar-refractivity contribution in [2.75, 3.05) is 5.32 Å². The van der Waals surface area contributed by atoms with Gasteiger partial charge in [-0.05, 0) is 37.6 Å². The predicted octanol–water partition coefficient (Wildman–Crippen LogP) is 6.54. The van der Waals surface area contributed by atoms with Gasteiger partial charge in [0.1, 0.15) is 10.6 Å². The Hall–Kier alpha value is -2.34. The third kappa shape index (κ3) is 4.55. The molecule has 2 aromatic carbocycles. The normalized spacial score (nSPS) is 10.8. The largest absolute Gasteiger partial charge is 0.459 e. The molecule has 0 spiro atoms. The molecule has 7 heteroatoms. The number of anilines is 1. The first kappa shape index (κ1) is 20.4. The number of carbonyl (C=O) groups excluding carboxylic acids is 2. The van der Waals surface area contributed by atoms with E-state index in [2.05, 4.69) is 5.32 Å². The van der Waals surface area contributed by atoms with Crippen LogP contribution in [-0.2, 0) is 4.74 Å². The van der Waals surface area contributed by atoms with Crippen molar-refractivity contribution in [3.63, 3.8) is 0 Å². The molecule has 144 valence electrons. The van der Waals surface area contributed by atoms with Crippen LogP contribution in [0.25, 0.3) is 11.1 Å². The molecule has 0 radical (unpaired) electrons.